The Balaban J connectivity index is 2.19. The molecule has 2 rings (SSSR count). The summed E-state index contributed by atoms with van der Waals surface area (Å²) < 4.78 is 0. The molecule has 0 spiro atoms. The molecule has 0 aromatic heterocycles. The van der Waals surface area contributed by atoms with E-state index in [-0.39, 0.29) is 0 Å². The first-order chi connectivity index (χ1) is 9.67. The summed E-state index contributed by atoms with van der Waals surface area (Å²) in [5.41, 5.74) is 7.93. The van der Waals surface area contributed by atoms with E-state index in [2.05, 4.69) is 23.6 Å². The Morgan fingerprint density at radius 3 is 2.90 bits per heavy atom. The fourth-order valence-corrected chi connectivity index (χ4v) is 2.75. The number of halogens is 1. The molecule has 0 radical (unpaired) electrons. The minimum absolute atomic E-state index is 0.360. The molecule has 0 heterocycles. The van der Waals surface area contributed by atoms with Gasteiger partial charge in [-0.25, -0.2) is 5.43 Å². The number of hydrogen-bond donors (Lipinski definition) is 2. The van der Waals surface area contributed by atoms with Gasteiger partial charge >= 0.3 is 0 Å². The predicted molar refractivity (Wildman–Crippen MR) is 85.8 cm³/mol. The van der Waals surface area contributed by atoms with E-state index in [1.807, 2.05) is 12.1 Å². The first-order valence-electron chi connectivity index (χ1n) is 6.44. The maximum absolute atomic E-state index is 10.5. The van der Waals surface area contributed by atoms with Gasteiger partial charge in [0.2, 0.25) is 0 Å². The van der Waals surface area contributed by atoms with Crippen molar-refractivity contribution >= 4 is 35.3 Å². The molecule has 1 aromatic carbocycles. The van der Waals surface area contributed by atoms with Gasteiger partial charge in [-0.3, -0.25) is 5.01 Å². The molecule has 2 N–H and O–H groups in total. The van der Waals surface area contributed by atoms with Gasteiger partial charge in [0, 0.05) is 7.05 Å². The molecule has 4 nitrogen and oxygen atoms in total. The quantitative estimate of drug-likeness (QED) is 0.570. The SMILES string of the molecule is C=C(SCC=O)N(NNC)c1ccc(C2CC2)cc1Cl. The second-order valence-corrected chi connectivity index (χ2v) is 6.05. The lowest BCUT2D eigenvalue weighted by Crippen LogP contribution is -2.44. The van der Waals surface area contributed by atoms with Crippen molar-refractivity contribution in [1.82, 2.24) is 11.0 Å². The second kappa shape index (κ2) is 7.13. The minimum atomic E-state index is 0.360. The second-order valence-electron chi connectivity index (χ2n) is 4.55. The van der Waals surface area contributed by atoms with Crippen LogP contribution in [0.25, 0.3) is 0 Å². The third kappa shape index (κ3) is 3.76. The van der Waals surface area contributed by atoms with E-state index < -0.39 is 0 Å². The van der Waals surface area contributed by atoms with Gasteiger partial charge in [-0.2, -0.15) is 5.53 Å². The Bertz CT molecular complexity index is 505. The van der Waals surface area contributed by atoms with E-state index in [0.717, 1.165) is 12.0 Å². The lowest BCUT2D eigenvalue weighted by Gasteiger charge is -2.27. The first kappa shape index (κ1) is 15.4. The Morgan fingerprint density at radius 1 is 1.60 bits per heavy atom. The lowest BCUT2D eigenvalue weighted by atomic mass is 10.1. The number of carbonyl (C=O) groups excluding carboxylic acids is 1. The Hall–Kier alpha value is -1.01. The van der Waals surface area contributed by atoms with Crippen LogP contribution in [0.15, 0.2) is 29.8 Å². The van der Waals surface area contributed by atoms with Crippen LogP contribution in [0.5, 0.6) is 0 Å². The summed E-state index contributed by atoms with van der Waals surface area (Å²) in [7, 11) is 1.76. The van der Waals surface area contributed by atoms with E-state index in [1.54, 1.807) is 12.1 Å². The number of thioether (sulfide) groups is 1. The highest BCUT2D eigenvalue weighted by atomic mass is 35.5. The highest BCUT2D eigenvalue weighted by Crippen LogP contribution is 2.42. The number of aldehydes is 1. The molecular weight excluding hydrogens is 294 g/mol. The molecule has 0 saturated heterocycles. The molecule has 0 unspecified atom stereocenters. The van der Waals surface area contributed by atoms with Crippen LogP contribution in [-0.2, 0) is 4.79 Å². The van der Waals surface area contributed by atoms with Crippen molar-refractivity contribution in [2.45, 2.75) is 18.8 Å². The summed E-state index contributed by atoms with van der Waals surface area (Å²) in [4.78, 5) is 10.5. The average Bonchev–Trinajstić information content (AvgIpc) is 3.27. The van der Waals surface area contributed by atoms with Gasteiger partial charge in [0.15, 0.2) is 0 Å². The van der Waals surface area contributed by atoms with Crippen molar-refractivity contribution in [3.8, 4) is 0 Å². The van der Waals surface area contributed by atoms with Crippen LogP contribution in [-0.4, -0.2) is 19.1 Å². The molecule has 1 aliphatic rings. The molecule has 0 bridgehead atoms. The fraction of sp³-hybridized carbons (Fsp3) is 0.357. The molecule has 6 heteroatoms. The topological polar surface area (TPSA) is 44.4 Å². The zero-order valence-electron chi connectivity index (χ0n) is 11.4. The van der Waals surface area contributed by atoms with E-state index in [4.69, 9.17) is 11.6 Å². The van der Waals surface area contributed by atoms with Crippen molar-refractivity contribution in [3.05, 3.63) is 40.4 Å². The molecule has 1 saturated carbocycles. The van der Waals surface area contributed by atoms with E-state index in [1.165, 1.54) is 30.2 Å². The molecule has 1 aliphatic carbocycles. The number of carbonyl (C=O) groups is 1. The number of nitrogens with one attached hydrogen (secondary N) is 2. The van der Waals surface area contributed by atoms with E-state index in [0.29, 0.717) is 21.7 Å². The van der Waals surface area contributed by atoms with Gasteiger partial charge in [0.25, 0.3) is 0 Å². The van der Waals surface area contributed by atoms with Gasteiger partial charge < -0.3 is 4.79 Å². The summed E-state index contributed by atoms with van der Waals surface area (Å²) in [5, 5.41) is 3.12. The third-order valence-corrected chi connectivity index (χ3v) is 4.17. The van der Waals surface area contributed by atoms with E-state index >= 15 is 0 Å². The largest absolute Gasteiger partial charge is 0.302 e. The first-order valence-corrected chi connectivity index (χ1v) is 7.81. The monoisotopic (exact) mass is 311 g/mol. The fourth-order valence-electron chi connectivity index (χ4n) is 1.94. The summed E-state index contributed by atoms with van der Waals surface area (Å²) in [5.74, 6) is 1.03. The molecule has 0 aliphatic heterocycles. The third-order valence-electron chi connectivity index (χ3n) is 3.05. The van der Waals surface area contributed by atoms with Crippen LogP contribution in [0, 0.1) is 0 Å². The number of anilines is 1. The van der Waals surface area contributed by atoms with Gasteiger partial charge in [0.05, 0.1) is 21.5 Å². The maximum Gasteiger partial charge on any atom is 0.130 e. The van der Waals surface area contributed by atoms with Gasteiger partial charge in [-0.1, -0.05) is 36.0 Å². The van der Waals surface area contributed by atoms with Gasteiger partial charge in [-0.15, -0.1) is 0 Å². The molecule has 0 amide bonds. The van der Waals surface area contributed by atoms with Crippen LogP contribution in [0.2, 0.25) is 5.02 Å². The van der Waals surface area contributed by atoms with Crippen molar-refractivity contribution < 1.29 is 4.79 Å². The standard InChI is InChI=1S/C14H18ClN3OS/c1-10(20-8-7-19)18(17-16-2)14-6-5-12(9-13(14)15)11-3-4-11/h5-7,9,11,16-17H,1,3-4,8H2,2H3. The van der Waals surface area contributed by atoms with Crippen molar-refractivity contribution in [2.75, 3.05) is 17.8 Å². The van der Waals surface area contributed by atoms with E-state index in [9.17, 15) is 4.79 Å². The van der Waals surface area contributed by atoms with Crippen LogP contribution in [0.1, 0.15) is 24.3 Å². The molecule has 20 heavy (non-hydrogen) atoms. The smallest absolute Gasteiger partial charge is 0.130 e. The number of hydrazine groups is 2. The Labute approximate surface area is 128 Å². The summed E-state index contributed by atoms with van der Waals surface area (Å²) in [6.45, 7) is 3.97. The molecule has 0 atom stereocenters. The zero-order valence-corrected chi connectivity index (χ0v) is 12.9. The van der Waals surface area contributed by atoms with Crippen LogP contribution in [0.3, 0.4) is 0 Å². The predicted octanol–water partition coefficient (Wildman–Crippen LogP) is 3.07. The zero-order chi connectivity index (χ0) is 14.5. The van der Waals surface area contributed by atoms with Crippen LogP contribution < -0.4 is 16.0 Å². The lowest BCUT2D eigenvalue weighted by molar-refractivity contribution is -0.105. The average molecular weight is 312 g/mol. The summed E-state index contributed by atoms with van der Waals surface area (Å²) in [6.07, 6.45) is 3.34. The highest BCUT2D eigenvalue weighted by Gasteiger charge is 2.24. The highest BCUT2D eigenvalue weighted by molar-refractivity contribution is 8.03. The Kier molecular flexibility index (Phi) is 5.48. The summed E-state index contributed by atoms with van der Waals surface area (Å²) in [6, 6.07) is 6.09. The molecule has 1 aromatic rings. The van der Waals surface area contributed by atoms with Crippen molar-refractivity contribution in [3.63, 3.8) is 0 Å². The van der Waals surface area contributed by atoms with Crippen molar-refractivity contribution in [2.24, 2.45) is 0 Å². The Morgan fingerprint density at radius 2 is 2.35 bits per heavy atom. The van der Waals surface area contributed by atoms with Crippen LogP contribution >= 0.6 is 23.4 Å². The molecular formula is C14H18ClN3OS. The van der Waals surface area contributed by atoms with Gasteiger partial charge in [-0.05, 0) is 36.5 Å². The normalized spacial score (nSPS) is 14.1. The summed E-state index contributed by atoms with van der Waals surface area (Å²) >= 11 is 7.73. The number of rotatable bonds is 8. The molecule has 108 valence electrons. The van der Waals surface area contributed by atoms with Crippen molar-refractivity contribution in [1.29, 1.82) is 0 Å². The number of benzene rings is 1. The van der Waals surface area contributed by atoms with Gasteiger partial charge in [0.1, 0.15) is 6.29 Å². The number of nitrogens with zero attached hydrogens (tertiary/aromatic N) is 1. The van der Waals surface area contributed by atoms with Crippen LogP contribution in [0.4, 0.5) is 5.69 Å². The number of hydrogen-bond acceptors (Lipinski definition) is 5. The molecule has 1 fully saturated rings. The maximum atomic E-state index is 10.5. The minimum Gasteiger partial charge on any atom is -0.302 e.